The van der Waals surface area contributed by atoms with E-state index in [1.165, 1.54) is 63.8 Å². The lowest BCUT2D eigenvalue weighted by Crippen LogP contribution is -2.62. The molecule has 4 rings (SSSR count). The van der Waals surface area contributed by atoms with E-state index in [0.29, 0.717) is 37.9 Å². The van der Waals surface area contributed by atoms with Crippen LogP contribution in [0.3, 0.4) is 0 Å². The van der Waals surface area contributed by atoms with Crippen LogP contribution < -0.4 is 37.2 Å². The maximum atomic E-state index is 15.1. The lowest BCUT2D eigenvalue weighted by Gasteiger charge is -2.35. The molecule has 12 atom stereocenters. The Bertz CT molecular complexity index is 3110. The normalized spacial score (nSPS) is 25.7. The highest BCUT2D eigenvalue weighted by Crippen LogP contribution is 2.22. The summed E-state index contributed by atoms with van der Waals surface area (Å²) < 4.78 is 0. The Kier molecular flexibility index (Phi) is 33.8. The molecule has 2 aromatic rings. The first kappa shape index (κ1) is 84.1. The first-order chi connectivity index (χ1) is 47.0. The van der Waals surface area contributed by atoms with Crippen LogP contribution in [-0.4, -0.2) is 239 Å². The van der Waals surface area contributed by atoms with E-state index in [-0.39, 0.29) is 62.8 Å². The highest BCUT2D eigenvalue weighted by atomic mass is 16.3. The van der Waals surface area contributed by atoms with Gasteiger partial charge in [-0.1, -0.05) is 136 Å². The van der Waals surface area contributed by atoms with Gasteiger partial charge in [-0.25, -0.2) is 4.79 Å². The third kappa shape index (κ3) is 24.8. The van der Waals surface area contributed by atoms with E-state index in [0.717, 1.165) is 26.7 Å². The molecule has 2 aliphatic heterocycles. The number of Topliss-reactive ketones (excluding diaryl/α,β-unsaturated/α-hetero) is 1. The zero-order chi connectivity index (χ0) is 75.0. The molecule has 0 aromatic heterocycles. The van der Waals surface area contributed by atoms with E-state index in [2.05, 4.69) is 37.2 Å². The van der Waals surface area contributed by atoms with Crippen LogP contribution in [0.25, 0.3) is 0 Å². The number of likely N-dealkylation sites (tertiary alicyclic amines) is 1. The van der Waals surface area contributed by atoms with Crippen molar-refractivity contribution in [3.05, 3.63) is 71.8 Å². The van der Waals surface area contributed by atoms with Crippen LogP contribution in [-0.2, 0) is 70.4 Å². The van der Waals surface area contributed by atoms with Gasteiger partial charge in [0.25, 0.3) is 0 Å². The number of nitrogens with zero attached hydrogens (tertiary/aromatic N) is 6. The molecule has 0 aliphatic carbocycles. The third-order valence-corrected chi connectivity index (χ3v) is 18.8. The van der Waals surface area contributed by atoms with Gasteiger partial charge in [-0.2, -0.15) is 0 Å². The molecule has 0 spiro atoms. The highest BCUT2D eigenvalue weighted by molar-refractivity contribution is 6.01. The number of nitrogens with one attached hydrogen (secondary N) is 7. The van der Waals surface area contributed by atoms with Crippen LogP contribution >= 0.6 is 0 Å². The Morgan fingerprint density at radius 2 is 1.04 bits per heavy atom. The summed E-state index contributed by atoms with van der Waals surface area (Å²) >= 11 is 0. The van der Waals surface area contributed by atoms with Crippen molar-refractivity contribution in [1.82, 2.24) is 66.6 Å². The number of aliphatic hydroxyl groups is 1. The molecule has 0 radical (unpaired) electrons. The van der Waals surface area contributed by atoms with Gasteiger partial charge in [-0.05, 0) is 99.5 Å². The van der Waals surface area contributed by atoms with Crippen molar-refractivity contribution in [3.8, 4) is 0 Å². The van der Waals surface area contributed by atoms with Gasteiger partial charge in [0.05, 0.1) is 31.2 Å². The fourth-order valence-corrected chi connectivity index (χ4v) is 12.5. The summed E-state index contributed by atoms with van der Waals surface area (Å²) in [7, 11) is 6.71. The van der Waals surface area contributed by atoms with Gasteiger partial charge >= 0.3 is 6.03 Å². The van der Waals surface area contributed by atoms with Crippen molar-refractivity contribution >= 4 is 76.8 Å². The summed E-state index contributed by atoms with van der Waals surface area (Å²) in [5.74, 6) is -10.3. The quantitative estimate of drug-likeness (QED) is 0.127. The predicted octanol–water partition coefficient (Wildman–Crippen LogP) is 2.95. The maximum Gasteiger partial charge on any atom is 0.326 e. The minimum Gasteiger partial charge on any atom is -0.391 e. The number of hydrogen-bond acceptors (Lipinski definition) is 15. The van der Waals surface area contributed by atoms with E-state index in [1.807, 2.05) is 52.8 Å². The van der Waals surface area contributed by atoms with Crippen LogP contribution in [0.15, 0.2) is 60.7 Å². The van der Waals surface area contributed by atoms with Crippen LogP contribution in [0, 0.1) is 29.6 Å². The van der Waals surface area contributed by atoms with E-state index in [9.17, 15) is 62.6 Å². The van der Waals surface area contributed by atoms with Crippen molar-refractivity contribution in [2.75, 3.05) is 61.4 Å². The summed E-state index contributed by atoms with van der Waals surface area (Å²) in [6.45, 7) is 20.6. The Hall–Kier alpha value is -8.33. The zero-order valence-electron chi connectivity index (χ0n) is 62.1. The van der Waals surface area contributed by atoms with Crippen LogP contribution in [0.5, 0.6) is 0 Å². The van der Waals surface area contributed by atoms with Crippen molar-refractivity contribution in [1.29, 1.82) is 0 Å². The Labute approximate surface area is 591 Å². The summed E-state index contributed by atoms with van der Waals surface area (Å²) in [5.41, 5.74) is 1.38. The summed E-state index contributed by atoms with van der Waals surface area (Å²) in [4.78, 5) is 196. The molecule has 8 N–H and O–H groups in total. The van der Waals surface area contributed by atoms with Gasteiger partial charge in [-0.15, -0.1) is 0 Å². The van der Waals surface area contributed by atoms with Gasteiger partial charge in [0, 0.05) is 67.7 Å². The topological polar surface area (TPSA) is 346 Å². The molecule has 2 aromatic carbocycles. The number of carbonyl (C=O) groups is 13. The van der Waals surface area contributed by atoms with Crippen molar-refractivity contribution in [3.63, 3.8) is 0 Å². The molecule has 2 fully saturated rings. The second kappa shape index (κ2) is 40.2. The molecular formula is C73H115N13O14. The number of amides is 13. The molecule has 27 heteroatoms. The third-order valence-electron chi connectivity index (χ3n) is 18.8. The van der Waals surface area contributed by atoms with Gasteiger partial charge in [0.1, 0.15) is 48.3 Å². The molecule has 2 aliphatic rings. The minimum absolute atomic E-state index is 0.0108. The van der Waals surface area contributed by atoms with Crippen molar-refractivity contribution < 1.29 is 67.4 Å². The van der Waals surface area contributed by atoms with Crippen molar-refractivity contribution in [2.45, 2.75) is 220 Å². The van der Waals surface area contributed by atoms with E-state index < -0.39 is 168 Å². The lowest BCUT2D eigenvalue weighted by atomic mass is 9.95. The molecular weight excluding hydrogens is 1280 g/mol. The molecule has 100 heavy (non-hydrogen) atoms. The largest absolute Gasteiger partial charge is 0.391 e. The van der Waals surface area contributed by atoms with Gasteiger partial charge in [0.2, 0.25) is 65.0 Å². The first-order valence-corrected chi connectivity index (χ1v) is 35.4. The molecule has 556 valence electrons. The lowest BCUT2D eigenvalue weighted by molar-refractivity contribution is -0.145. The number of hydrogen-bond donors (Lipinski definition) is 8. The minimum atomic E-state index is -1.78. The number of piperidine rings is 1. The maximum absolute atomic E-state index is 15.1. The SMILES string of the molecule is CC[C@H](C)[C@@H]1NC(=O)[C@H](Cc2ccccc2)NCCC(=O)[C@H](C(C)C)N(C)C(=O)N(C)C(=O)C[C@@H](C(=O)N2CCCCC2)NC(=O)[C@H]([C@@H](C)O)NC(=O)[C@H](CC(C)C)N(C)C(=O)[C@H](Cc2ccccc2)NC(=O)[C@H](CC(C)C)N(C)C(=O)CNC(=O)[C@H](CC(C)C)NC(=O)[C@H](C)N(C)C1=O. The number of imide groups is 1. The average molecular weight is 1400 g/mol. The molecule has 0 bridgehead atoms. The molecule has 0 unspecified atom stereocenters. The van der Waals surface area contributed by atoms with Crippen LogP contribution in [0.4, 0.5) is 4.79 Å². The Morgan fingerprint density at radius 3 is 1.56 bits per heavy atom. The molecule has 0 saturated carbocycles. The first-order valence-electron chi connectivity index (χ1n) is 35.4. The summed E-state index contributed by atoms with van der Waals surface area (Å²) in [6.07, 6.45) is 0.166. The number of ketones is 1. The number of likely N-dealkylation sites (N-methyl/N-ethyl adjacent to an activating group) is 4. The second-order valence-electron chi connectivity index (χ2n) is 28.7. The number of carbonyl (C=O) groups excluding carboxylic acids is 13. The second-order valence-corrected chi connectivity index (χ2v) is 28.7. The zero-order valence-corrected chi connectivity index (χ0v) is 62.1. The Morgan fingerprint density at radius 1 is 0.530 bits per heavy atom. The Balaban J connectivity index is 1.85. The molecule has 2 saturated heterocycles. The standard InChI is InChI=1S/C73H115N13O14/c1-18-47(10)61-72(99)81(13)48(11)64(91)76-53(36-43(2)3)65(92)75-42-60(90)82(14)56(37-44(4)5)67(94)77-54(40-51-30-24-20-25-31-51)70(97)83(15)57(38-45(6)7)68(95)80-62(49(12)87)69(96)78-55(71(98)86-34-26-21-27-35-86)41-59(89)84(16)73(100)85(17)63(46(8)9)58(88)32-33-74-52(66(93)79-61)39-50-28-22-19-23-29-50/h19-20,22-25,28-31,43-49,52-57,61-63,74,87H,18,21,26-27,32-42H2,1-17H3,(H,75,92)(H,76,91)(H,77,94)(H,78,96)(H,79,93)(H,80,95)/t47-,48-,49+,52-,53-,54-,55-,56-,57-,61-,62-,63-/m0/s1. The van der Waals surface area contributed by atoms with Gasteiger partial charge in [0.15, 0.2) is 5.78 Å². The van der Waals surface area contributed by atoms with E-state index in [4.69, 9.17) is 0 Å². The highest BCUT2D eigenvalue weighted by Gasteiger charge is 2.42. The summed E-state index contributed by atoms with van der Waals surface area (Å²) in [6, 6.07) is 3.87. The van der Waals surface area contributed by atoms with Crippen LogP contribution in [0.2, 0.25) is 0 Å². The molecule has 13 amide bonds. The smallest absolute Gasteiger partial charge is 0.326 e. The number of aliphatic hydroxyl groups excluding tert-OH is 1. The van der Waals surface area contributed by atoms with Gasteiger partial charge < -0.3 is 66.8 Å². The molecule has 27 nitrogen and oxygen atoms in total. The van der Waals surface area contributed by atoms with Crippen molar-refractivity contribution in [2.24, 2.45) is 29.6 Å². The number of urea groups is 1. The number of rotatable bonds is 15. The fraction of sp³-hybridized carbons (Fsp3) is 0.658. The van der Waals surface area contributed by atoms with Gasteiger partial charge in [-0.3, -0.25) is 62.4 Å². The fourth-order valence-electron chi connectivity index (χ4n) is 12.5. The molecule has 2 heterocycles. The van der Waals surface area contributed by atoms with E-state index in [1.54, 1.807) is 77.1 Å². The predicted molar refractivity (Wildman–Crippen MR) is 379 cm³/mol. The number of benzene rings is 2. The monoisotopic (exact) mass is 1400 g/mol. The summed E-state index contributed by atoms with van der Waals surface area (Å²) in [5, 5.41) is 30.9. The average Bonchev–Trinajstić information content (AvgIpc) is 0.833. The van der Waals surface area contributed by atoms with Crippen LogP contribution in [0.1, 0.15) is 152 Å². The van der Waals surface area contributed by atoms with E-state index >= 15 is 4.79 Å².